The molecule has 4 atom stereocenters. The maximum Gasteiger partial charge on any atom is 0.279 e. The van der Waals surface area contributed by atoms with E-state index >= 15 is 0 Å². The Morgan fingerprint density at radius 1 is 1.22 bits per heavy atom. The SMILES string of the molecule is CC1(C)CCOc2c(C(=O)NC3CN4C(N)=NC(CNS(=O)(=O)N5CCCC5)C5N=C(N)NC54C3(O)O)cccc21. The van der Waals surface area contributed by atoms with E-state index in [1.165, 1.54) is 9.21 Å². The number of aliphatic hydroxyl groups is 2. The molecule has 6 rings (SSSR count). The average molecular weight is 592 g/mol. The molecule has 15 nitrogen and oxygen atoms in total. The average Bonchev–Trinajstić information content (AvgIpc) is 3.62. The van der Waals surface area contributed by atoms with Crippen molar-refractivity contribution in [1.29, 1.82) is 0 Å². The van der Waals surface area contributed by atoms with Crippen molar-refractivity contribution in [2.45, 2.75) is 68.1 Å². The molecule has 4 unspecified atom stereocenters. The van der Waals surface area contributed by atoms with Gasteiger partial charge in [0.15, 0.2) is 17.6 Å². The number of amides is 1. The maximum absolute atomic E-state index is 13.6. The minimum atomic E-state index is -3.78. The molecule has 5 aliphatic rings. The first-order valence-corrected chi connectivity index (χ1v) is 15.2. The summed E-state index contributed by atoms with van der Waals surface area (Å²) in [7, 11) is -3.78. The Morgan fingerprint density at radius 3 is 2.68 bits per heavy atom. The smallest absolute Gasteiger partial charge is 0.279 e. The van der Waals surface area contributed by atoms with Crippen LogP contribution in [0.1, 0.15) is 49.0 Å². The molecular weight excluding hydrogens is 554 g/mol. The number of nitrogens with two attached hydrogens (primary N) is 2. The lowest BCUT2D eigenvalue weighted by Gasteiger charge is -2.49. The minimum absolute atomic E-state index is 0.0737. The number of carbonyl (C=O) groups excluding carboxylic acids is 1. The Balaban J connectivity index is 1.27. The molecule has 1 aromatic rings. The van der Waals surface area contributed by atoms with Crippen LogP contribution in [0, 0.1) is 0 Å². The van der Waals surface area contributed by atoms with Crippen LogP contribution < -0.4 is 31.6 Å². The van der Waals surface area contributed by atoms with E-state index in [4.69, 9.17) is 16.2 Å². The fraction of sp³-hybridized carbons (Fsp3) is 0.640. The number of hydrogen-bond donors (Lipinski definition) is 7. The number of rotatable bonds is 6. The largest absolute Gasteiger partial charge is 0.492 e. The van der Waals surface area contributed by atoms with Crippen LogP contribution in [0.25, 0.3) is 0 Å². The summed E-state index contributed by atoms with van der Waals surface area (Å²) in [5, 5.41) is 29.0. The van der Waals surface area contributed by atoms with Gasteiger partial charge in [0.05, 0.1) is 18.2 Å². The summed E-state index contributed by atoms with van der Waals surface area (Å²) in [6.45, 7) is 5.12. The van der Waals surface area contributed by atoms with Crippen molar-refractivity contribution in [3.8, 4) is 5.75 Å². The molecule has 16 heteroatoms. The highest BCUT2D eigenvalue weighted by atomic mass is 32.2. The van der Waals surface area contributed by atoms with E-state index in [2.05, 4.69) is 39.2 Å². The summed E-state index contributed by atoms with van der Waals surface area (Å²) in [6.07, 6.45) is 2.35. The van der Waals surface area contributed by atoms with Gasteiger partial charge in [0.25, 0.3) is 16.1 Å². The van der Waals surface area contributed by atoms with Crippen molar-refractivity contribution >= 4 is 28.0 Å². The first kappa shape index (κ1) is 28.0. The van der Waals surface area contributed by atoms with E-state index in [0.717, 1.165) is 24.8 Å². The highest BCUT2D eigenvalue weighted by Gasteiger charge is 2.73. The van der Waals surface area contributed by atoms with Crippen LogP contribution in [0.2, 0.25) is 0 Å². The van der Waals surface area contributed by atoms with Gasteiger partial charge in [-0.1, -0.05) is 26.0 Å². The van der Waals surface area contributed by atoms with Gasteiger partial charge < -0.3 is 42.0 Å². The third-order valence-corrected chi connectivity index (χ3v) is 10.5. The second kappa shape index (κ2) is 9.42. The summed E-state index contributed by atoms with van der Waals surface area (Å²) in [4.78, 5) is 23.8. The summed E-state index contributed by atoms with van der Waals surface area (Å²) < 4.78 is 35.4. The Hall–Kier alpha value is -3.18. The van der Waals surface area contributed by atoms with E-state index in [1.54, 1.807) is 12.1 Å². The van der Waals surface area contributed by atoms with Crippen molar-refractivity contribution in [1.82, 2.24) is 24.6 Å². The van der Waals surface area contributed by atoms with E-state index < -0.39 is 45.7 Å². The van der Waals surface area contributed by atoms with Crippen molar-refractivity contribution in [3.05, 3.63) is 29.3 Å². The predicted octanol–water partition coefficient (Wildman–Crippen LogP) is -2.55. The Labute approximate surface area is 238 Å². The van der Waals surface area contributed by atoms with E-state index in [1.807, 2.05) is 6.07 Å². The third kappa shape index (κ3) is 4.22. The molecule has 1 amide bonds. The highest BCUT2D eigenvalue weighted by molar-refractivity contribution is 7.87. The quantitative estimate of drug-likeness (QED) is 0.172. The number of nitrogens with zero attached hydrogens (tertiary/aromatic N) is 4. The first-order valence-electron chi connectivity index (χ1n) is 13.8. The van der Waals surface area contributed by atoms with Gasteiger partial charge in [-0.05, 0) is 30.7 Å². The van der Waals surface area contributed by atoms with Crippen molar-refractivity contribution in [2.24, 2.45) is 21.5 Å². The molecule has 9 N–H and O–H groups in total. The predicted molar refractivity (Wildman–Crippen MR) is 149 cm³/mol. The van der Waals surface area contributed by atoms with Crippen LogP contribution in [-0.4, -0.2) is 108 Å². The van der Waals surface area contributed by atoms with Gasteiger partial charge in [-0.15, -0.1) is 0 Å². The van der Waals surface area contributed by atoms with Crippen LogP contribution in [0.5, 0.6) is 5.75 Å². The third-order valence-electron chi connectivity index (χ3n) is 8.95. The molecule has 0 aromatic heterocycles. The standard InChI is InChI=1S/C25H37N9O6S/c1-23(2)8-11-40-18-14(6-5-7-15(18)23)20(35)30-17-13-34-22(27)29-16(12-28-41(38,39)33-9-3-4-10-33)19-24(34,25(17,36)37)32-21(26)31-19/h5-7,16-17,19,28,36-37H,3-4,8-13H2,1-2H3,(H2,27,29)(H,30,35)(H3,26,31,32). The zero-order valence-corrected chi connectivity index (χ0v) is 23.8. The Morgan fingerprint density at radius 2 is 1.95 bits per heavy atom. The molecule has 0 bridgehead atoms. The van der Waals surface area contributed by atoms with Gasteiger partial charge >= 0.3 is 0 Å². The molecule has 1 aromatic carbocycles. The monoisotopic (exact) mass is 591 g/mol. The normalized spacial score (nSPS) is 31.7. The lowest BCUT2D eigenvalue weighted by Crippen LogP contribution is -2.78. The number of ether oxygens (including phenoxy) is 1. The van der Waals surface area contributed by atoms with Gasteiger partial charge in [-0.3, -0.25) is 4.79 Å². The van der Waals surface area contributed by atoms with Crippen molar-refractivity contribution < 1.29 is 28.2 Å². The number of aliphatic imine (C=N–C) groups is 2. The molecule has 41 heavy (non-hydrogen) atoms. The number of guanidine groups is 2. The number of fused-ring (bicyclic) bond motifs is 1. The minimum Gasteiger partial charge on any atom is -0.492 e. The lowest BCUT2D eigenvalue weighted by molar-refractivity contribution is -0.230. The van der Waals surface area contributed by atoms with E-state index in [-0.39, 0.29) is 36.0 Å². The second-order valence-electron chi connectivity index (χ2n) is 11.9. The van der Waals surface area contributed by atoms with Crippen molar-refractivity contribution in [2.75, 3.05) is 32.8 Å². The number of para-hydroxylation sites is 1. The molecule has 5 heterocycles. The van der Waals surface area contributed by atoms with Gasteiger partial charge in [-0.25, -0.2) is 9.98 Å². The number of carbonyl (C=O) groups is 1. The van der Waals surface area contributed by atoms with Gasteiger partial charge in [0.2, 0.25) is 5.79 Å². The number of nitrogens with one attached hydrogen (secondary N) is 3. The summed E-state index contributed by atoms with van der Waals surface area (Å²) in [5.74, 6) is -2.91. The number of benzene rings is 1. The van der Waals surface area contributed by atoms with Gasteiger partial charge in [-0.2, -0.15) is 17.4 Å². The summed E-state index contributed by atoms with van der Waals surface area (Å²) in [6, 6.07) is 2.11. The Bertz CT molecular complexity index is 1420. The fourth-order valence-corrected chi connectivity index (χ4v) is 7.95. The van der Waals surface area contributed by atoms with Crippen LogP contribution in [-0.2, 0) is 15.6 Å². The first-order chi connectivity index (χ1) is 19.3. The molecule has 5 aliphatic heterocycles. The van der Waals surface area contributed by atoms with Gasteiger partial charge in [0.1, 0.15) is 17.8 Å². The number of hydrogen-bond acceptors (Lipinski definition) is 12. The summed E-state index contributed by atoms with van der Waals surface area (Å²) in [5.41, 5.74) is 11.5. The summed E-state index contributed by atoms with van der Waals surface area (Å²) >= 11 is 0. The molecule has 0 radical (unpaired) electrons. The van der Waals surface area contributed by atoms with Crippen LogP contribution >= 0.6 is 0 Å². The van der Waals surface area contributed by atoms with E-state index in [9.17, 15) is 23.4 Å². The van der Waals surface area contributed by atoms with Crippen molar-refractivity contribution in [3.63, 3.8) is 0 Å². The maximum atomic E-state index is 13.6. The Kier molecular flexibility index (Phi) is 6.42. The van der Waals surface area contributed by atoms with Gasteiger partial charge in [0, 0.05) is 31.7 Å². The van der Waals surface area contributed by atoms with E-state index in [0.29, 0.717) is 25.4 Å². The molecule has 1 spiro atoms. The lowest BCUT2D eigenvalue weighted by atomic mass is 9.79. The molecular formula is C25H37N9O6S. The van der Waals surface area contributed by atoms with Crippen LogP contribution in [0.4, 0.5) is 0 Å². The van der Waals surface area contributed by atoms with Crippen LogP contribution in [0.15, 0.2) is 28.2 Å². The molecule has 0 aliphatic carbocycles. The fourth-order valence-electron chi connectivity index (χ4n) is 6.65. The van der Waals surface area contributed by atoms with Crippen LogP contribution in [0.3, 0.4) is 0 Å². The zero-order chi connectivity index (χ0) is 29.4. The molecule has 224 valence electrons. The molecule has 2 saturated heterocycles. The highest BCUT2D eigenvalue weighted by Crippen LogP contribution is 2.45. The zero-order valence-electron chi connectivity index (χ0n) is 23.0. The second-order valence-corrected chi connectivity index (χ2v) is 13.6. The molecule has 0 saturated carbocycles. The molecule has 2 fully saturated rings. The topological polar surface area (TPSA) is 220 Å².